The summed E-state index contributed by atoms with van der Waals surface area (Å²) in [7, 11) is 0. The Balaban J connectivity index is 2.98. The summed E-state index contributed by atoms with van der Waals surface area (Å²) in [4.78, 5) is 14.6. The van der Waals surface area contributed by atoms with Crippen LogP contribution in [-0.2, 0) is 9.53 Å². The molecule has 17 heavy (non-hydrogen) atoms. The van der Waals surface area contributed by atoms with Gasteiger partial charge in [-0.05, 0) is 40.2 Å². The van der Waals surface area contributed by atoms with Crippen molar-refractivity contribution in [3.63, 3.8) is 0 Å². The van der Waals surface area contributed by atoms with E-state index in [9.17, 15) is 4.79 Å². The molecule has 96 valence electrons. The Morgan fingerprint density at radius 2 is 2.06 bits per heavy atom. The summed E-state index contributed by atoms with van der Waals surface area (Å²) in [6, 6.07) is 0.386. The van der Waals surface area contributed by atoms with E-state index in [1.54, 1.807) is 12.3 Å². The van der Waals surface area contributed by atoms with Gasteiger partial charge in [0.25, 0.3) is 0 Å². The molecule has 1 heterocycles. The second-order valence-corrected chi connectivity index (χ2v) is 5.16. The molecule has 0 bridgehead atoms. The van der Waals surface area contributed by atoms with Gasteiger partial charge in [0.2, 0.25) is 5.91 Å². The highest BCUT2D eigenvalue weighted by Gasteiger charge is 2.42. The maximum Gasteiger partial charge on any atom is 0.236 e. The molecule has 3 heteroatoms. The summed E-state index contributed by atoms with van der Waals surface area (Å²) >= 11 is 0. The predicted molar refractivity (Wildman–Crippen MR) is 69.5 cm³/mol. The normalized spacial score (nSPS) is 22.9. The van der Waals surface area contributed by atoms with E-state index in [2.05, 4.69) is 6.58 Å². The number of hydrogen-bond donors (Lipinski definition) is 0. The lowest BCUT2D eigenvalue weighted by atomic mass is 9.84. The monoisotopic (exact) mass is 237 g/mol. The Morgan fingerprint density at radius 1 is 1.47 bits per heavy atom. The molecule has 0 aromatic heterocycles. The molecule has 1 rings (SSSR count). The Labute approximate surface area is 104 Å². The van der Waals surface area contributed by atoms with Crippen molar-refractivity contribution in [1.82, 2.24) is 4.90 Å². The number of ether oxygens (including phenoxy) is 1. The van der Waals surface area contributed by atoms with Crippen molar-refractivity contribution in [2.75, 3.05) is 6.61 Å². The molecule has 1 atom stereocenters. The Bertz CT molecular complexity index is 312. The van der Waals surface area contributed by atoms with Crippen LogP contribution in [-0.4, -0.2) is 29.5 Å². The van der Waals surface area contributed by atoms with Crippen LogP contribution in [0, 0.1) is 5.41 Å². The topological polar surface area (TPSA) is 29.5 Å². The molecule has 0 fully saturated rings. The number of rotatable bonds is 5. The molecule has 1 amide bonds. The molecular formula is C14H23NO2. The number of nitrogens with zero attached hydrogens (tertiary/aromatic N) is 1. The van der Waals surface area contributed by atoms with Gasteiger partial charge in [-0.1, -0.05) is 6.08 Å². The van der Waals surface area contributed by atoms with E-state index in [0.29, 0.717) is 13.0 Å². The fraction of sp³-hybridized carbons (Fsp3) is 0.643. The molecular weight excluding hydrogens is 214 g/mol. The Morgan fingerprint density at radius 3 is 2.41 bits per heavy atom. The molecule has 0 spiro atoms. The summed E-state index contributed by atoms with van der Waals surface area (Å²) in [5, 5.41) is 0. The highest BCUT2D eigenvalue weighted by Crippen LogP contribution is 2.33. The van der Waals surface area contributed by atoms with Crippen LogP contribution in [0.25, 0.3) is 0 Å². The number of carbonyl (C=O) groups is 1. The van der Waals surface area contributed by atoms with Gasteiger partial charge in [-0.3, -0.25) is 4.79 Å². The zero-order chi connectivity index (χ0) is 13.1. The minimum Gasteiger partial charge on any atom is -0.500 e. The molecule has 1 aliphatic rings. The maximum atomic E-state index is 12.7. The van der Waals surface area contributed by atoms with Crippen molar-refractivity contribution in [3.8, 4) is 0 Å². The van der Waals surface area contributed by atoms with Crippen molar-refractivity contribution >= 4 is 5.91 Å². The van der Waals surface area contributed by atoms with Crippen LogP contribution >= 0.6 is 0 Å². The first-order valence-corrected chi connectivity index (χ1v) is 6.17. The minimum atomic E-state index is -0.545. The predicted octanol–water partition coefficient (Wildman–Crippen LogP) is 2.74. The second-order valence-electron chi connectivity index (χ2n) is 5.16. The zero-order valence-corrected chi connectivity index (χ0v) is 11.3. The summed E-state index contributed by atoms with van der Waals surface area (Å²) in [6.45, 7) is 12.3. The third kappa shape index (κ3) is 2.71. The van der Waals surface area contributed by atoms with Gasteiger partial charge in [-0.25, -0.2) is 0 Å². The largest absolute Gasteiger partial charge is 0.500 e. The standard InChI is InChI=1S/C14H23NO2/c1-6-7-14(8-9-17-10-14)13(16)15(11(2)3)12(4)5/h6,8-9,11-12H,1,7,10H2,2-5H3. The SMILES string of the molecule is C=CCC1(C(=O)N(C(C)C)C(C)C)C=COC1. The second kappa shape index (κ2) is 5.39. The molecule has 1 unspecified atom stereocenters. The van der Waals surface area contributed by atoms with Gasteiger partial charge in [-0.2, -0.15) is 0 Å². The lowest BCUT2D eigenvalue weighted by Crippen LogP contribution is -2.50. The van der Waals surface area contributed by atoms with E-state index in [4.69, 9.17) is 4.74 Å². The van der Waals surface area contributed by atoms with Crippen LogP contribution < -0.4 is 0 Å². The van der Waals surface area contributed by atoms with Crippen LogP contribution in [0.2, 0.25) is 0 Å². The van der Waals surface area contributed by atoms with Crippen LogP contribution in [0.15, 0.2) is 25.0 Å². The lowest BCUT2D eigenvalue weighted by Gasteiger charge is -2.37. The number of carbonyl (C=O) groups excluding carboxylic acids is 1. The Kier molecular flexibility index (Phi) is 4.38. The molecule has 0 saturated carbocycles. The van der Waals surface area contributed by atoms with Crippen molar-refractivity contribution in [2.45, 2.75) is 46.2 Å². The quantitative estimate of drug-likeness (QED) is 0.688. The lowest BCUT2D eigenvalue weighted by molar-refractivity contribution is -0.144. The maximum absolute atomic E-state index is 12.7. The number of allylic oxidation sites excluding steroid dienone is 1. The Hall–Kier alpha value is -1.25. The molecule has 0 aromatic rings. The van der Waals surface area contributed by atoms with Crippen LogP contribution in [0.3, 0.4) is 0 Å². The van der Waals surface area contributed by atoms with Crippen LogP contribution in [0.5, 0.6) is 0 Å². The van der Waals surface area contributed by atoms with Gasteiger partial charge in [0.05, 0.1) is 6.26 Å². The summed E-state index contributed by atoms with van der Waals surface area (Å²) in [6.07, 6.45) is 5.91. The van der Waals surface area contributed by atoms with E-state index in [0.717, 1.165) is 0 Å². The fourth-order valence-electron chi connectivity index (χ4n) is 2.35. The van der Waals surface area contributed by atoms with Crippen molar-refractivity contribution in [3.05, 3.63) is 25.0 Å². The highest BCUT2D eigenvalue weighted by atomic mass is 16.5. The van der Waals surface area contributed by atoms with E-state index < -0.39 is 5.41 Å². The molecule has 0 aliphatic carbocycles. The van der Waals surface area contributed by atoms with Crippen molar-refractivity contribution < 1.29 is 9.53 Å². The molecule has 3 nitrogen and oxygen atoms in total. The van der Waals surface area contributed by atoms with Gasteiger partial charge in [0.15, 0.2) is 0 Å². The first-order valence-electron chi connectivity index (χ1n) is 6.17. The third-order valence-electron chi connectivity index (χ3n) is 3.11. The zero-order valence-electron chi connectivity index (χ0n) is 11.3. The van der Waals surface area contributed by atoms with E-state index >= 15 is 0 Å². The average Bonchev–Trinajstić information content (AvgIpc) is 2.66. The van der Waals surface area contributed by atoms with Gasteiger partial charge in [0.1, 0.15) is 12.0 Å². The first-order chi connectivity index (χ1) is 7.94. The molecule has 1 aliphatic heterocycles. The van der Waals surface area contributed by atoms with Crippen LogP contribution in [0.4, 0.5) is 0 Å². The minimum absolute atomic E-state index is 0.135. The molecule has 0 radical (unpaired) electrons. The molecule has 0 saturated heterocycles. The highest BCUT2D eigenvalue weighted by molar-refractivity contribution is 5.86. The van der Waals surface area contributed by atoms with Gasteiger partial charge in [0, 0.05) is 12.1 Å². The average molecular weight is 237 g/mol. The van der Waals surface area contributed by atoms with Crippen molar-refractivity contribution in [2.24, 2.45) is 5.41 Å². The van der Waals surface area contributed by atoms with Gasteiger partial charge in [-0.15, -0.1) is 6.58 Å². The fourth-order valence-corrected chi connectivity index (χ4v) is 2.35. The molecule has 0 aromatic carbocycles. The van der Waals surface area contributed by atoms with Gasteiger partial charge >= 0.3 is 0 Å². The third-order valence-corrected chi connectivity index (χ3v) is 3.11. The smallest absolute Gasteiger partial charge is 0.236 e. The summed E-state index contributed by atoms with van der Waals surface area (Å²) in [5.41, 5.74) is -0.545. The summed E-state index contributed by atoms with van der Waals surface area (Å²) in [5.74, 6) is 0.135. The van der Waals surface area contributed by atoms with Crippen LogP contribution in [0.1, 0.15) is 34.1 Å². The van der Waals surface area contributed by atoms with Crippen molar-refractivity contribution in [1.29, 1.82) is 0 Å². The van der Waals surface area contributed by atoms with E-state index in [1.165, 1.54) is 0 Å². The number of hydrogen-bond acceptors (Lipinski definition) is 2. The van der Waals surface area contributed by atoms with E-state index in [-0.39, 0.29) is 18.0 Å². The first kappa shape index (κ1) is 13.8. The molecule has 0 N–H and O–H groups in total. The number of amides is 1. The summed E-state index contributed by atoms with van der Waals surface area (Å²) < 4.78 is 5.27. The van der Waals surface area contributed by atoms with Gasteiger partial charge < -0.3 is 9.64 Å². The van der Waals surface area contributed by atoms with E-state index in [1.807, 2.05) is 38.7 Å².